The third-order valence-corrected chi connectivity index (χ3v) is 4.47. The molecule has 2 aromatic heterocycles. The summed E-state index contributed by atoms with van der Waals surface area (Å²) >= 11 is 12.0. The molecule has 130 valence electrons. The lowest BCUT2D eigenvalue weighted by molar-refractivity contribution is -0.119. The maximum absolute atomic E-state index is 12.4. The third kappa shape index (κ3) is 4.03. The van der Waals surface area contributed by atoms with Crippen LogP contribution in [0.2, 0.25) is 10.0 Å². The second kappa shape index (κ2) is 7.29. The zero-order chi connectivity index (χ0) is 18.0. The Morgan fingerprint density at radius 1 is 1.28 bits per heavy atom. The number of carbonyl (C=O) groups excluding carboxylic acids is 1. The standard InChI is InChI=1S/C17H17Cl2N5O/c1-11-16(19)8-21-24(11)12(2)17(25)22-15-7-20-23(10-15)9-13-4-3-5-14(18)6-13/h3-8,10,12H,9H2,1-2H3,(H,22,25). The van der Waals surface area contributed by atoms with Crippen LogP contribution in [0.4, 0.5) is 5.69 Å². The Kier molecular flexibility index (Phi) is 5.11. The molecule has 0 saturated carbocycles. The van der Waals surface area contributed by atoms with Crippen LogP contribution in [0.5, 0.6) is 0 Å². The van der Waals surface area contributed by atoms with Crippen LogP contribution in [0.3, 0.4) is 0 Å². The summed E-state index contributed by atoms with van der Waals surface area (Å²) in [4.78, 5) is 12.4. The van der Waals surface area contributed by atoms with Crippen LogP contribution in [0.15, 0.2) is 42.9 Å². The van der Waals surface area contributed by atoms with E-state index < -0.39 is 6.04 Å². The number of halogens is 2. The van der Waals surface area contributed by atoms with Gasteiger partial charge >= 0.3 is 0 Å². The molecular weight excluding hydrogens is 361 g/mol. The second-order valence-electron chi connectivity index (χ2n) is 5.74. The average Bonchev–Trinajstić information content (AvgIpc) is 3.14. The first kappa shape index (κ1) is 17.5. The Labute approximate surface area is 155 Å². The summed E-state index contributed by atoms with van der Waals surface area (Å²) < 4.78 is 3.33. The third-order valence-electron chi connectivity index (χ3n) is 3.87. The maximum Gasteiger partial charge on any atom is 0.249 e. The van der Waals surface area contributed by atoms with Gasteiger partial charge in [-0.2, -0.15) is 10.2 Å². The van der Waals surface area contributed by atoms with E-state index in [0.29, 0.717) is 22.3 Å². The Morgan fingerprint density at radius 3 is 2.76 bits per heavy atom. The molecule has 0 aliphatic carbocycles. The number of aromatic nitrogens is 4. The highest BCUT2D eigenvalue weighted by Gasteiger charge is 2.19. The molecule has 1 aromatic carbocycles. The van der Waals surface area contributed by atoms with Gasteiger partial charge in [0.1, 0.15) is 6.04 Å². The number of nitrogens with one attached hydrogen (secondary N) is 1. The molecular formula is C17H17Cl2N5O. The van der Waals surface area contributed by atoms with E-state index in [1.165, 1.54) is 6.20 Å². The quantitative estimate of drug-likeness (QED) is 0.731. The van der Waals surface area contributed by atoms with E-state index in [9.17, 15) is 4.79 Å². The Balaban J connectivity index is 1.66. The summed E-state index contributed by atoms with van der Waals surface area (Å²) in [5.74, 6) is -0.190. The molecule has 6 nitrogen and oxygen atoms in total. The molecule has 0 radical (unpaired) electrons. The smallest absolute Gasteiger partial charge is 0.249 e. The molecule has 3 aromatic rings. The van der Waals surface area contributed by atoms with Crippen molar-refractivity contribution in [2.24, 2.45) is 0 Å². The van der Waals surface area contributed by atoms with Crippen molar-refractivity contribution in [3.8, 4) is 0 Å². The van der Waals surface area contributed by atoms with Crippen molar-refractivity contribution in [3.63, 3.8) is 0 Å². The highest BCUT2D eigenvalue weighted by Crippen LogP contribution is 2.19. The summed E-state index contributed by atoms with van der Waals surface area (Å²) in [6.45, 7) is 4.16. The van der Waals surface area contributed by atoms with E-state index in [0.717, 1.165) is 11.3 Å². The number of hydrogen-bond acceptors (Lipinski definition) is 3. The molecule has 2 heterocycles. The van der Waals surface area contributed by atoms with Gasteiger partial charge in [-0.25, -0.2) is 0 Å². The number of hydrogen-bond donors (Lipinski definition) is 1. The Bertz CT molecular complexity index is 902. The lowest BCUT2D eigenvalue weighted by atomic mass is 10.2. The minimum absolute atomic E-state index is 0.190. The first-order valence-electron chi connectivity index (χ1n) is 7.71. The minimum atomic E-state index is -0.483. The summed E-state index contributed by atoms with van der Waals surface area (Å²) in [6.07, 6.45) is 4.91. The molecule has 0 aliphatic heterocycles. The van der Waals surface area contributed by atoms with Crippen molar-refractivity contribution in [1.29, 1.82) is 0 Å². The van der Waals surface area contributed by atoms with Crippen LogP contribution in [0.1, 0.15) is 24.2 Å². The predicted molar refractivity (Wildman–Crippen MR) is 98.1 cm³/mol. The Hall–Kier alpha value is -2.31. The summed E-state index contributed by atoms with van der Waals surface area (Å²) in [5.41, 5.74) is 2.40. The van der Waals surface area contributed by atoms with Gasteiger partial charge < -0.3 is 5.32 Å². The zero-order valence-corrected chi connectivity index (χ0v) is 15.3. The SMILES string of the molecule is Cc1c(Cl)cnn1C(C)C(=O)Nc1cnn(Cc2cccc(Cl)c2)c1. The van der Waals surface area contributed by atoms with Gasteiger partial charge in [-0.3, -0.25) is 14.2 Å². The van der Waals surface area contributed by atoms with Gasteiger partial charge in [0.25, 0.3) is 0 Å². The van der Waals surface area contributed by atoms with Gasteiger partial charge in [0.2, 0.25) is 5.91 Å². The molecule has 1 atom stereocenters. The molecule has 0 saturated heterocycles. The van der Waals surface area contributed by atoms with Gasteiger partial charge in [0, 0.05) is 11.2 Å². The minimum Gasteiger partial charge on any atom is -0.322 e. The number of rotatable bonds is 5. The van der Waals surface area contributed by atoms with Crippen LogP contribution >= 0.6 is 23.2 Å². The van der Waals surface area contributed by atoms with Crippen LogP contribution in [-0.2, 0) is 11.3 Å². The van der Waals surface area contributed by atoms with Crippen molar-refractivity contribution < 1.29 is 4.79 Å². The fourth-order valence-corrected chi connectivity index (χ4v) is 2.83. The molecule has 8 heteroatoms. The number of benzene rings is 1. The molecule has 0 aliphatic rings. The predicted octanol–water partition coefficient (Wildman–Crippen LogP) is 3.94. The fraction of sp³-hybridized carbons (Fsp3) is 0.235. The number of nitrogens with zero attached hydrogens (tertiary/aromatic N) is 4. The Morgan fingerprint density at radius 2 is 2.08 bits per heavy atom. The number of anilines is 1. The molecule has 1 unspecified atom stereocenters. The average molecular weight is 378 g/mol. The lowest BCUT2D eigenvalue weighted by Crippen LogP contribution is -2.25. The zero-order valence-electron chi connectivity index (χ0n) is 13.8. The summed E-state index contributed by atoms with van der Waals surface area (Å²) in [7, 11) is 0. The van der Waals surface area contributed by atoms with Crippen molar-refractivity contribution in [1.82, 2.24) is 19.6 Å². The molecule has 0 spiro atoms. The van der Waals surface area contributed by atoms with Crippen LogP contribution < -0.4 is 5.32 Å². The van der Waals surface area contributed by atoms with Crippen molar-refractivity contribution in [2.75, 3.05) is 5.32 Å². The van der Waals surface area contributed by atoms with E-state index in [4.69, 9.17) is 23.2 Å². The van der Waals surface area contributed by atoms with Crippen LogP contribution in [0.25, 0.3) is 0 Å². The van der Waals surface area contributed by atoms with Crippen molar-refractivity contribution in [3.05, 3.63) is 64.2 Å². The first-order valence-corrected chi connectivity index (χ1v) is 8.47. The summed E-state index contributed by atoms with van der Waals surface area (Å²) in [6, 6.07) is 7.09. The first-order chi connectivity index (χ1) is 11.9. The monoisotopic (exact) mass is 377 g/mol. The lowest BCUT2D eigenvalue weighted by Gasteiger charge is -2.13. The second-order valence-corrected chi connectivity index (χ2v) is 6.59. The van der Waals surface area contributed by atoms with E-state index in [1.54, 1.807) is 28.7 Å². The molecule has 1 N–H and O–H groups in total. The highest BCUT2D eigenvalue weighted by molar-refractivity contribution is 6.31. The van der Waals surface area contributed by atoms with Gasteiger partial charge in [-0.05, 0) is 31.5 Å². The van der Waals surface area contributed by atoms with Gasteiger partial charge in [-0.15, -0.1) is 0 Å². The summed E-state index contributed by atoms with van der Waals surface area (Å²) in [5, 5.41) is 12.5. The van der Waals surface area contributed by atoms with Gasteiger partial charge in [-0.1, -0.05) is 35.3 Å². The molecule has 0 bridgehead atoms. The molecule has 25 heavy (non-hydrogen) atoms. The molecule has 3 rings (SSSR count). The molecule has 1 amide bonds. The van der Waals surface area contributed by atoms with Crippen molar-refractivity contribution in [2.45, 2.75) is 26.4 Å². The van der Waals surface area contributed by atoms with Crippen LogP contribution in [0, 0.1) is 6.92 Å². The van der Waals surface area contributed by atoms with Crippen LogP contribution in [-0.4, -0.2) is 25.5 Å². The van der Waals surface area contributed by atoms with Gasteiger partial charge in [0.05, 0.1) is 35.3 Å². The molecule has 0 fully saturated rings. The highest BCUT2D eigenvalue weighted by atomic mass is 35.5. The number of carbonyl (C=O) groups is 1. The topological polar surface area (TPSA) is 64.7 Å². The van der Waals surface area contributed by atoms with Crippen molar-refractivity contribution >= 4 is 34.8 Å². The van der Waals surface area contributed by atoms with Gasteiger partial charge in [0.15, 0.2) is 0 Å². The van der Waals surface area contributed by atoms with E-state index in [2.05, 4.69) is 15.5 Å². The normalized spacial score (nSPS) is 12.2. The number of amides is 1. The maximum atomic E-state index is 12.4. The van der Waals surface area contributed by atoms with E-state index in [-0.39, 0.29) is 5.91 Å². The van der Waals surface area contributed by atoms with E-state index >= 15 is 0 Å². The van der Waals surface area contributed by atoms with E-state index in [1.807, 2.05) is 31.2 Å². The fourth-order valence-electron chi connectivity index (χ4n) is 2.49. The largest absolute Gasteiger partial charge is 0.322 e.